The van der Waals surface area contributed by atoms with Gasteiger partial charge in [0.25, 0.3) is 0 Å². The van der Waals surface area contributed by atoms with Crippen LogP contribution >= 0.6 is 0 Å². The van der Waals surface area contributed by atoms with Crippen LogP contribution in [0.1, 0.15) is 30.5 Å². The molecule has 0 saturated heterocycles. The van der Waals surface area contributed by atoms with Gasteiger partial charge >= 0.3 is 445 Å². The van der Waals surface area contributed by atoms with E-state index in [2.05, 4.69) is 239 Å². The van der Waals surface area contributed by atoms with Crippen molar-refractivity contribution in [2.24, 2.45) is 11.8 Å². The first kappa shape index (κ1) is 53.7. The summed E-state index contributed by atoms with van der Waals surface area (Å²) in [6.45, 7) is 10.1. The van der Waals surface area contributed by atoms with Gasteiger partial charge in [0.1, 0.15) is 0 Å². The molecule has 0 aliphatic carbocycles. The molecule has 0 radical (unpaired) electrons. The molecule has 9 aromatic carbocycles. The number of carboxylic acid groups (broad SMARTS) is 2. The number of hydrogen-bond acceptors (Lipinski definition) is 2. The first-order valence-electron chi connectivity index (χ1n) is 24.7. The minimum atomic E-state index is -3.11. The number of hydrogen-bond donors (Lipinski definition) is 2. The van der Waals surface area contributed by atoms with E-state index < -0.39 is 60.2 Å². The van der Waals surface area contributed by atoms with E-state index in [0.29, 0.717) is 10.5 Å². The van der Waals surface area contributed by atoms with Crippen molar-refractivity contribution in [1.82, 2.24) is 0 Å². The monoisotopic (exact) mass is 1270 g/mol. The normalized spacial score (nSPS) is 12.0. The van der Waals surface area contributed by atoms with E-state index in [4.69, 9.17) is 0 Å². The molecule has 0 heterocycles. The zero-order chi connectivity index (χ0) is 50.9. The van der Waals surface area contributed by atoms with Crippen molar-refractivity contribution in [3.05, 3.63) is 271 Å². The molecule has 72 heavy (non-hydrogen) atoms. The number of carboxylic acids is 2. The first-order valence-corrected chi connectivity index (χ1v) is 39.2. The summed E-state index contributed by atoms with van der Waals surface area (Å²) in [6, 6.07) is 90.5. The summed E-state index contributed by atoms with van der Waals surface area (Å²) < 4.78 is 12.4. The Bertz CT molecular complexity index is 2600. The molecule has 0 fully saturated rings. The van der Waals surface area contributed by atoms with Crippen molar-refractivity contribution in [1.29, 1.82) is 0 Å². The van der Waals surface area contributed by atoms with E-state index >= 15 is 0 Å². The van der Waals surface area contributed by atoms with Crippen LogP contribution in [0.25, 0.3) is 0 Å². The third-order valence-corrected chi connectivity index (χ3v) is 44.8. The van der Waals surface area contributed by atoms with E-state index in [1.165, 1.54) is 43.1 Å². The summed E-state index contributed by atoms with van der Waals surface area (Å²) in [4.78, 5) is 23.4. The van der Waals surface area contributed by atoms with Gasteiger partial charge in [0.2, 0.25) is 0 Å². The van der Waals surface area contributed by atoms with Gasteiger partial charge in [-0.25, -0.2) is 0 Å². The Hall–Kier alpha value is -6.11. The maximum absolute atomic E-state index is 11.7. The van der Waals surface area contributed by atoms with Crippen LogP contribution in [0.5, 0.6) is 0 Å². The van der Waals surface area contributed by atoms with Crippen LogP contribution in [0, 0.1) is 32.6 Å². The van der Waals surface area contributed by atoms with E-state index in [9.17, 15) is 19.8 Å². The number of aliphatic carboxylic acids is 2. The van der Waals surface area contributed by atoms with Crippen LogP contribution in [-0.2, 0) is 9.59 Å². The zero-order valence-electron chi connectivity index (χ0n) is 42.0. The number of rotatable bonds is 15. The van der Waals surface area contributed by atoms with Gasteiger partial charge in [0.05, 0.1) is 0 Å². The Kier molecular flexibility index (Phi) is 19.4. The summed E-state index contributed by atoms with van der Waals surface area (Å²) in [7, 11) is 0. The molecule has 0 aliphatic heterocycles. The molecule has 362 valence electrons. The van der Waals surface area contributed by atoms with Gasteiger partial charge in [-0.15, -0.1) is 0 Å². The third kappa shape index (κ3) is 13.3. The Labute approximate surface area is 440 Å². The van der Waals surface area contributed by atoms with E-state index in [-0.39, 0.29) is 11.8 Å². The SMILES string of the molecule is CC([CH2][Ge]([c]1ccccc1)([c]1ccccc1)[c]1ccccc1)C(=O)O.CC([CH2][Ge]([c]1ccccc1)([c]1ccccc1)[c]1ccccc1)C(=O)O.Cc1cc[c]([Bi]([c]2ccc(C)cc2)[c]2ccc(C)cc2)cc1. The average molecular weight is 1260 g/mol. The van der Waals surface area contributed by atoms with E-state index in [0.717, 1.165) is 0 Å². The van der Waals surface area contributed by atoms with Gasteiger partial charge < -0.3 is 0 Å². The Balaban J connectivity index is 0.000000159. The van der Waals surface area contributed by atoms with Crippen LogP contribution in [0.15, 0.2) is 255 Å². The van der Waals surface area contributed by atoms with Crippen molar-refractivity contribution in [3.63, 3.8) is 0 Å². The second-order valence-electron chi connectivity index (χ2n) is 18.7. The standard InChI is InChI=1S/2C22H22GeO2.3C7H7.Bi/c2*1-18(22(24)25)17-23(19-11-5-2-6-12-19,20-13-7-3-8-14-20)21-15-9-4-10-16-21;3*1-7-5-3-2-4-6-7;/h2*2-16,18H,17H2,1H3,(H,24,25);3*3-6H,1H3;. The summed E-state index contributed by atoms with van der Waals surface area (Å²) in [5.41, 5.74) is 4.00. The van der Waals surface area contributed by atoms with Gasteiger partial charge in [0, 0.05) is 0 Å². The molecule has 0 aromatic heterocycles. The molecular weight excluding hydrogens is 1200 g/mol. The first-order chi connectivity index (χ1) is 34.9. The average Bonchev–Trinajstić information content (AvgIpc) is 3.43. The molecule has 0 aliphatic rings. The second-order valence-corrected chi connectivity index (χ2v) is 43.9. The Morgan fingerprint density at radius 3 is 0.681 bits per heavy atom. The molecule has 2 N–H and O–H groups in total. The molecule has 9 rings (SSSR count). The van der Waals surface area contributed by atoms with Gasteiger partial charge in [-0.3, -0.25) is 0 Å². The van der Waals surface area contributed by atoms with Gasteiger partial charge in [0.15, 0.2) is 0 Å². The topological polar surface area (TPSA) is 74.6 Å². The third-order valence-electron chi connectivity index (χ3n) is 13.5. The Morgan fingerprint density at radius 2 is 0.514 bits per heavy atom. The summed E-state index contributed by atoms with van der Waals surface area (Å²) in [5, 5.41) is 20.6. The van der Waals surface area contributed by atoms with Crippen molar-refractivity contribution in [2.75, 3.05) is 0 Å². The predicted molar refractivity (Wildman–Crippen MR) is 309 cm³/mol. The van der Waals surface area contributed by atoms with Crippen LogP contribution in [0.4, 0.5) is 0 Å². The van der Waals surface area contributed by atoms with Crippen LogP contribution in [0.2, 0.25) is 10.5 Å². The fraction of sp³-hybridized carbons (Fsp3) is 0.138. The molecule has 0 saturated carbocycles. The van der Waals surface area contributed by atoms with E-state index in [1.54, 1.807) is 9.81 Å². The summed E-state index contributed by atoms with van der Waals surface area (Å²) in [6.07, 6.45) is 0. The maximum atomic E-state index is 11.7. The van der Waals surface area contributed by atoms with Gasteiger partial charge in [-0.1, -0.05) is 0 Å². The molecule has 0 amide bonds. The number of carbonyl (C=O) groups is 2. The second kappa shape index (κ2) is 26.0. The van der Waals surface area contributed by atoms with Gasteiger partial charge in [-0.05, 0) is 0 Å². The molecule has 4 nitrogen and oxygen atoms in total. The van der Waals surface area contributed by atoms with Crippen molar-refractivity contribution >= 4 is 96.4 Å². The molecule has 7 heteroatoms. The van der Waals surface area contributed by atoms with Crippen LogP contribution in [0.3, 0.4) is 0 Å². The van der Waals surface area contributed by atoms with Crippen molar-refractivity contribution in [3.8, 4) is 0 Å². The van der Waals surface area contributed by atoms with Crippen molar-refractivity contribution < 1.29 is 19.8 Å². The van der Waals surface area contributed by atoms with Crippen LogP contribution < -0.4 is 36.2 Å². The fourth-order valence-corrected chi connectivity index (χ4v) is 39.7. The minimum absolute atomic E-state index is 0.388. The summed E-state index contributed by atoms with van der Waals surface area (Å²) >= 11 is -8.36. The van der Waals surface area contributed by atoms with Crippen molar-refractivity contribution in [2.45, 2.75) is 45.1 Å². The summed E-state index contributed by atoms with van der Waals surface area (Å²) in [5.74, 6) is -2.23. The number of aryl methyl sites for hydroxylation is 3. The van der Waals surface area contributed by atoms with E-state index in [1.807, 2.05) is 50.2 Å². The Morgan fingerprint density at radius 1 is 0.333 bits per heavy atom. The fourth-order valence-electron chi connectivity index (χ4n) is 9.67. The quantitative estimate of drug-likeness (QED) is 0.101. The molecule has 2 unspecified atom stereocenters. The van der Waals surface area contributed by atoms with Crippen LogP contribution in [-0.4, -0.2) is 70.4 Å². The molecular formula is C65H65BiGe2O4. The molecule has 0 spiro atoms. The predicted octanol–water partition coefficient (Wildman–Crippen LogP) is 8.88. The van der Waals surface area contributed by atoms with Gasteiger partial charge in [-0.2, -0.15) is 0 Å². The molecule has 0 bridgehead atoms. The zero-order valence-corrected chi connectivity index (χ0v) is 49.6. The molecule has 9 aromatic rings. The molecule has 2 atom stereocenters. The number of benzene rings is 9.